The summed E-state index contributed by atoms with van der Waals surface area (Å²) in [5, 5.41) is 7.09. The summed E-state index contributed by atoms with van der Waals surface area (Å²) >= 11 is 1.13. The van der Waals surface area contributed by atoms with E-state index in [1.807, 2.05) is 0 Å². The molecule has 2 aromatic rings. The maximum atomic E-state index is 13.5. The summed E-state index contributed by atoms with van der Waals surface area (Å²) in [7, 11) is 5.41. The predicted molar refractivity (Wildman–Crippen MR) is 137 cm³/mol. The summed E-state index contributed by atoms with van der Waals surface area (Å²) in [6.45, 7) is 11.2. The van der Waals surface area contributed by atoms with Gasteiger partial charge in [0.2, 0.25) is 0 Å². The molecule has 0 spiro atoms. The van der Waals surface area contributed by atoms with Crippen LogP contribution in [-0.4, -0.2) is 46.5 Å². The van der Waals surface area contributed by atoms with Crippen molar-refractivity contribution in [2.24, 2.45) is 0 Å². The number of halogens is 4. The Balaban J connectivity index is 0.00000684. The van der Waals surface area contributed by atoms with Crippen molar-refractivity contribution in [1.29, 1.82) is 0 Å². The fourth-order valence-electron chi connectivity index (χ4n) is 2.95. The average Bonchev–Trinajstić information content (AvgIpc) is 3.37. The van der Waals surface area contributed by atoms with Gasteiger partial charge in [0, 0.05) is 40.9 Å². The molecule has 0 unspecified atom stereocenters. The molecule has 192 valence electrons. The maximum Gasteiger partial charge on any atom is 1.00 e. The molecular weight excluding hydrogens is 627 g/mol. The Kier molecular flexibility index (Phi) is 14.3. The minimum Gasteiger partial charge on any atom is -0.461 e. The van der Waals surface area contributed by atoms with Crippen LogP contribution in [0.5, 0.6) is 0 Å². The van der Waals surface area contributed by atoms with Crippen LogP contribution >= 0.6 is 11.5 Å². The van der Waals surface area contributed by atoms with Crippen LogP contribution in [0.15, 0.2) is 55.4 Å². The van der Waals surface area contributed by atoms with Crippen molar-refractivity contribution in [3.8, 4) is 0 Å². The molecule has 2 N–H and O–H groups in total. The monoisotopic (exact) mass is 653 g/mol. The Bertz CT molecular complexity index is 1170. The normalized spacial score (nSPS) is 11.8. The first-order valence-electron chi connectivity index (χ1n) is 10.5. The molecule has 0 atom stereocenters. The fourth-order valence-corrected chi connectivity index (χ4v) is 3.46. The Morgan fingerprint density at radius 1 is 1.32 bits per heavy atom. The first kappa shape index (κ1) is 33.5. The second-order valence-electron chi connectivity index (χ2n) is 7.60. The van der Waals surface area contributed by atoms with E-state index >= 15 is 0 Å². The van der Waals surface area contributed by atoms with Crippen LogP contribution in [0.2, 0.25) is 0 Å². The van der Waals surface area contributed by atoms with E-state index in [2.05, 4.69) is 46.8 Å². The molecule has 2 heterocycles. The van der Waals surface area contributed by atoms with Crippen LogP contribution < -0.4 is 79.5 Å². The third kappa shape index (κ3) is 10.3. The van der Waals surface area contributed by atoms with Crippen LogP contribution in [0.1, 0.15) is 39.4 Å². The van der Waals surface area contributed by atoms with E-state index in [0.29, 0.717) is 12.9 Å². The van der Waals surface area contributed by atoms with E-state index in [4.69, 9.17) is 0 Å². The van der Waals surface area contributed by atoms with Gasteiger partial charge in [-0.05, 0) is 43.3 Å². The molecule has 1 amide bonds. The molecule has 0 fully saturated rings. The van der Waals surface area contributed by atoms with Crippen LogP contribution in [0.3, 0.4) is 0 Å². The number of nitrogens with zero attached hydrogens (tertiary/aromatic N) is 3. The zero-order valence-corrected chi connectivity index (χ0v) is 27.8. The Morgan fingerprint density at radius 3 is 2.57 bits per heavy atom. The number of carbonyl (C=O) groups is 1. The van der Waals surface area contributed by atoms with Gasteiger partial charge < -0.3 is 15.5 Å². The van der Waals surface area contributed by atoms with Crippen LogP contribution in [-0.2, 0) is 0 Å². The second kappa shape index (κ2) is 15.8. The number of alkyl halides is 3. The molecule has 0 aliphatic rings. The zero-order valence-electron chi connectivity index (χ0n) is 20.7. The molecule has 37 heavy (non-hydrogen) atoms. The Hall–Kier alpha value is -1.52. The van der Waals surface area contributed by atoms with E-state index in [1.54, 1.807) is 23.4 Å². The van der Waals surface area contributed by atoms with Gasteiger partial charge in [-0.15, -0.1) is 0 Å². The fraction of sp³-hybridized carbons (Fsp3) is 0.200. The smallest absolute Gasteiger partial charge is 0.461 e. The number of pyridine rings is 1. The maximum absolute atomic E-state index is 13.5. The zero-order chi connectivity index (χ0) is 26.9. The van der Waals surface area contributed by atoms with Crippen molar-refractivity contribution in [1.82, 2.24) is 24.9 Å². The van der Waals surface area contributed by atoms with Crippen LogP contribution in [0, 0.1) is 7.05 Å². The molecule has 0 aliphatic heterocycles. The van der Waals surface area contributed by atoms with Gasteiger partial charge in [-0.1, -0.05) is 31.9 Å². The molecule has 0 aliphatic carbocycles. The molecule has 6 nitrogen and oxygen atoms in total. The molecule has 0 saturated heterocycles. The van der Waals surface area contributed by atoms with E-state index in [-0.39, 0.29) is 116 Å². The first-order chi connectivity index (χ1) is 17.0. The molecule has 2 rings (SSSR count). The summed E-state index contributed by atoms with van der Waals surface area (Å²) in [5.41, 5.74) is -0.621. The number of allylic oxidation sites excluding steroid dienone is 1. The van der Waals surface area contributed by atoms with Gasteiger partial charge in [-0.2, -0.15) is 17.5 Å². The van der Waals surface area contributed by atoms with E-state index in [0.717, 1.165) is 11.5 Å². The summed E-state index contributed by atoms with van der Waals surface area (Å²) in [5.74, 6) is -0.390. The number of aromatic nitrogens is 2. The summed E-state index contributed by atoms with van der Waals surface area (Å²) in [6, 6.07) is 3.05. The van der Waals surface area contributed by atoms with Crippen LogP contribution in [0.4, 0.5) is 17.6 Å². The molecule has 0 aromatic carbocycles. The number of amides is 1. The van der Waals surface area contributed by atoms with Crippen molar-refractivity contribution in [3.63, 3.8) is 0 Å². The van der Waals surface area contributed by atoms with Crippen molar-refractivity contribution in [2.45, 2.75) is 12.6 Å². The molecular formula is C25H26CsF4N5OS. The average molecular weight is 653 g/mol. The van der Waals surface area contributed by atoms with Gasteiger partial charge in [0.05, 0.1) is 17.0 Å². The molecule has 12 heteroatoms. The van der Waals surface area contributed by atoms with Crippen molar-refractivity contribution in [2.75, 3.05) is 20.1 Å². The largest absolute Gasteiger partial charge is 1.00 e. The topological polar surface area (TPSA) is 70.2 Å². The van der Waals surface area contributed by atoms with Gasteiger partial charge in [0.1, 0.15) is 12.0 Å². The van der Waals surface area contributed by atoms with Gasteiger partial charge in [-0.25, -0.2) is 9.37 Å². The summed E-state index contributed by atoms with van der Waals surface area (Å²) < 4.78 is 58.0. The number of carbonyl (C=O) groups excluding carboxylic acids is 1. The standard InChI is InChI=1S/C25H26F4N5OS.Cs/c1-6-20-21(17(3)31-19(15-26)9-12-34(4)5)14-18(32-23(20)16(2)25(27,28)29)8-7-11-30-24(35)22-10-13-36-33-22;/h6-8,10,13-15,31H,1-4,9,11-12H2,5H3,(H,30,35);/q-1;+1/b8-7+,19-15-;. The second-order valence-corrected chi connectivity index (χ2v) is 8.27. The van der Waals surface area contributed by atoms with Crippen LogP contribution in [0.25, 0.3) is 23.4 Å². The van der Waals surface area contributed by atoms with E-state index in [9.17, 15) is 22.4 Å². The first-order valence-corrected chi connectivity index (χ1v) is 11.4. The SMILES string of the molecule is C=Cc1c(C(=C)N/C(=C\F)CCN([CH2-])C)cc(/C=C/CNC(=O)c2ccsn2)nc1C(=C)C(F)(F)F.[Cs+]. The van der Waals surface area contributed by atoms with E-state index < -0.39 is 23.4 Å². The number of rotatable bonds is 12. The van der Waals surface area contributed by atoms with Gasteiger partial charge >= 0.3 is 75.1 Å². The number of hydrogen-bond donors (Lipinski definition) is 2. The van der Waals surface area contributed by atoms with Gasteiger partial charge in [0.15, 0.2) is 0 Å². The molecule has 0 bridgehead atoms. The van der Waals surface area contributed by atoms with Crippen molar-refractivity contribution in [3.05, 3.63) is 90.6 Å². The third-order valence-electron chi connectivity index (χ3n) is 4.78. The van der Waals surface area contributed by atoms with Crippen molar-refractivity contribution >= 4 is 40.9 Å². The number of hydrogen-bond acceptors (Lipinski definition) is 6. The number of nitrogens with one attached hydrogen (secondary N) is 2. The molecule has 0 radical (unpaired) electrons. The summed E-state index contributed by atoms with van der Waals surface area (Å²) in [6.07, 6.45) is 0.0659. The van der Waals surface area contributed by atoms with Gasteiger partial charge in [0.25, 0.3) is 5.91 Å². The van der Waals surface area contributed by atoms with Crippen molar-refractivity contribution < 1.29 is 91.2 Å². The molecule has 2 aromatic heterocycles. The summed E-state index contributed by atoms with van der Waals surface area (Å²) in [4.78, 5) is 17.7. The molecule has 0 saturated carbocycles. The Morgan fingerprint density at radius 2 is 2.03 bits per heavy atom. The third-order valence-corrected chi connectivity index (χ3v) is 5.34. The minimum atomic E-state index is -4.75. The minimum absolute atomic E-state index is 0. The van der Waals surface area contributed by atoms with E-state index in [1.165, 1.54) is 24.3 Å². The predicted octanol–water partition coefficient (Wildman–Crippen LogP) is 2.69. The Labute approximate surface area is 276 Å². The quantitative estimate of drug-likeness (QED) is 0.273. The van der Waals surface area contributed by atoms with Gasteiger partial charge in [-0.3, -0.25) is 11.8 Å².